The van der Waals surface area contributed by atoms with Crippen LogP contribution < -0.4 is 0 Å². The molecule has 0 aliphatic heterocycles. The molecular formula is C12H22O2. The molecule has 2 heteroatoms. The monoisotopic (exact) mass is 198 g/mol. The molecule has 1 fully saturated rings. The van der Waals surface area contributed by atoms with Crippen molar-refractivity contribution in [2.75, 3.05) is 7.11 Å². The summed E-state index contributed by atoms with van der Waals surface area (Å²) in [6.45, 7) is 4.47. The van der Waals surface area contributed by atoms with Crippen LogP contribution in [0.5, 0.6) is 0 Å². The van der Waals surface area contributed by atoms with Crippen LogP contribution in [0.3, 0.4) is 0 Å². The summed E-state index contributed by atoms with van der Waals surface area (Å²) in [6, 6.07) is 0. The van der Waals surface area contributed by atoms with Crippen molar-refractivity contribution < 1.29 is 9.53 Å². The van der Waals surface area contributed by atoms with E-state index in [0.29, 0.717) is 12.3 Å². The molecule has 0 bridgehead atoms. The highest BCUT2D eigenvalue weighted by atomic mass is 16.5. The minimum absolute atomic E-state index is 0.0347. The van der Waals surface area contributed by atoms with Gasteiger partial charge in [0.05, 0.1) is 13.5 Å². The molecule has 0 saturated heterocycles. The summed E-state index contributed by atoms with van der Waals surface area (Å²) in [6.07, 6.45) is 6.78. The van der Waals surface area contributed by atoms with Gasteiger partial charge in [-0.1, -0.05) is 26.7 Å². The number of methoxy groups -OCH3 is 1. The van der Waals surface area contributed by atoms with Gasteiger partial charge in [0.25, 0.3) is 0 Å². The van der Waals surface area contributed by atoms with Gasteiger partial charge in [0.1, 0.15) is 0 Å². The van der Waals surface area contributed by atoms with Crippen molar-refractivity contribution in [2.24, 2.45) is 11.3 Å². The third-order valence-electron chi connectivity index (χ3n) is 3.25. The number of hydrogen-bond acceptors (Lipinski definition) is 2. The number of ether oxygens (including phenoxy) is 1. The fraction of sp³-hybridized carbons (Fsp3) is 0.917. The van der Waals surface area contributed by atoms with E-state index in [1.165, 1.54) is 39.2 Å². The number of esters is 1. The van der Waals surface area contributed by atoms with Crippen molar-refractivity contribution in [1.29, 1.82) is 0 Å². The molecular weight excluding hydrogens is 176 g/mol. The summed E-state index contributed by atoms with van der Waals surface area (Å²) >= 11 is 0. The molecule has 1 aliphatic rings. The Morgan fingerprint density at radius 2 is 1.93 bits per heavy atom. The summed E-state index contributed by atoms with van der Waals surface area (Å²) in [5, 5.41) is 0. The van der Waals surface area contributed by atoms with E-state index in [-0.39, 0.29) is 11.4 Å². The maximum atomic E-state index is 11.3. The van der Waals surface area contributed by atoms with Crippen molar-refractivity contribution in [3.8, 4) is 0 Å². The van der Waals surface area contributed by atoms with Gasteiger partial charge >= 0.3 is 5.97 Å². The van der Waals surface area contributed by atoms with E-state index >= 15 is 0 Å². The highest BCUT2D eigenvalue weighted by Crippen LogP contribution is 2.45. The lowest BCUT2D eigenvalue weighted by Crippen LogP contribution is -2.23. The molecule has 1 aliphatic carbocycles. The Hall–Kier alpha value is -0.530. The van der Waals surface area contributed by atoms with Gasteiger partial charge in [-0.3, -0.25) is 4.79 Å². The van der Waals surface area contributed by atoms with Crippen LogP contribution in [0.15, 0.2) is 0 Å². The summed E-state index contributed by atoms with van der Waals surface area (Å²) in [5.74, 6) is 0.644. The largest absolute Gasteiger partial charge is 0.469 e. The minimum atomic E-state index is -0.0347. The maximum Gasteiger partial charge on any atom is 0.306 e. The Kier molecular flexibility index (Phi) is 3.97. The SMILES string of the molecule is COC(=O)CC1(CC(C)C)CCCC1. The lowest BCUT2D eigenvalue weighted by molar-refractivity contribution is -0.143. The Balaban J connectivity index is 2.57. The van der Waals surface area contributed by atoms with Crippen LogP contribution in [0.4, 0.5) is 0 Å². The molecule has 1 rings (SSSR count). The van der Waals surface area contributed by atoms with E-state index in [2.05, 4.69) is 13.8 Å². The Labute approximate surface area is 87.0 Å². The quantitative estimate of drug-likeness (QED) is 0.649. The zero-order valence-electron chi connectivity index (χ0n) is 9.64. The molecule has 0 heterocycles. The lowest BCUT2D eigenvalue weighted by Gasteiger charge is -2.29. The standard InChI is InChI=1S/C12H22O2/c1-10(2)8-12(6-4-5-7-12)9-11(13)14-3/h10H,4-9H2,1-3H3. The molecule has 0 aromatic carbocycles. The Morgan fingerprint density at radius 3 is 2.36 bits per heavy atom. The van der Waals surface area contributed by atoms with E-state index in [1.807, 2.05) is 0 Å². The van der Waals surface area contributed by atoms with Gasteiger partial charge in [-0.2, -0.15) is 0 Å². The van der Waals surface area contributed by atoms with Gasteiger partial charge in [0.2, 0.25) is 0 Å². The summed E-state index contributed by atoms with van der Waals surface area (Å²) in [5.41, 5.74) is 0.265. The lowest BCUT2D eigenvalue weighted by atomic mass is 9.76. The van der Waals surface area contributed by atoms with Crippen molar-refractivity contribution in [1.82, 2.24) is 0 Å². The highest BCUT2D eigenvalue weighted by molar-refractivity contribution is 5.70. The maximum absolute atomic E-state index is 11.3. The first-order valence-corrected chi connectivity index (χ1v) is 5.65. The molecule has 0 amide bonds. The number of carbonyl (C=O) groups is 1. The van der Waals surface area contributed by atoms with Crippen LogP contribution in [0.25, 0.3) is 0 Å². The number of carbonyl (C=O) groups excluding carboxylic acids is 1. The first kappa shape index (κ1) is 11.5. The van der Waals surface area contributed by atoms with Crippen LogP contribution in [0.2, 0.25) is 0 Å². The third kappa shape index (κ3) is 3.00. The summed E-state index contributed by atoms with van der Waals surface area (Å²) in [7, 11) is 1.49. The zero-order valence-corrected chi connectivity index (χ0v) is 9.64. The molecule has 0 aromatic rings. The Morgan fingerprint density at radius 1 is 1.36 bits per heavy atom. The summed E-state index contributed by atoms with van der Waals surface area (Å²) < 4.78 is 4.78. The predicted molar refractivity (Wildman–Crippen MR) is 57.0 cm³/mol. The van der Waals surface area contributed by atoms with Crippen LogP contribution in [0.1, 0.15) is 52.4 Å². The normalized spacial score (nSPS) is 20.0. The second kappa shape index (κ2) is 4.81. The first-order chi connectivity index (χ1) is 6.58. The summed E-state index contributed by atoms with van der Waals surface area (Å²) in [4.78, 5) is 11.3. The van der Waals surface area contributed by atoms with Crippen LogP contribution in [0, 0.1) is 11.3 Å². The molecule has 82 valence electrons. The predicted octanol–water partition coefficient (Wildman–Crippen LogP) is 3.16. The van der Waals surface area contributed by atoms with Crippen molar-refractivity contribution in [2.45, 2.75) is 52.4 Å². The zero-order chi connectivity index (χ0) is 10.6. The fourth-order valence-electron chi connectivity index (χ4n) is 2.82. The van der Waals surface area contributed by atoms with Gasteiger partial charge in [0, 0.05) is 0 Å². The second-order valence-corrected chi connectivity index (χ2v) is 5.06. The van der Waals surface area contributed by atoms with E-state index in [0.717, 1.165) is 0 Å². The highest BCUT2D eigenvalue weighted by Gasteiger charge is 2.36. The van der Waals surface area contributed by atoms with Gasteiger partial charge < -0.3 is 4.74 Å². The van der Waals surface area contributed by atoms with Gasteiger partial charge in [-0.05, 0) is 30.6 Å². The average molecular weight is 198 g/mol. The van der Waals surface area contributed by atoms with Crippen LogP contribution in [-0.4, -0.2) is 13.1 Å². The second-order valence-electron chi connectivity index (χ2n) is 5.06. The van der Waals surface area contributed by atoms with Gasteiger partial charge in [-0.25, -0.2) is 0 Å². The molecule has 0 unspecified atom stereocenters. The molecule has 2 nitrogen and oxygen atoms in total. The third-order valence-corrected chi connectivity index (χ3v) is 3.25. The van der Waals surface area contributed by atoms with Gasteiger partial charge in [0.15, 0.2) is 0 Å². The fourth-order valence-corrected chi connectivity index (χ4v) is 2.82. The van der Waals surface area contributed by atoms with Crippen molar-refractivity contribution in [3.63, 3.8) is 0 Å². The van der Waals surface area contributed by atoms with Crippen LogP contribution >= 0.6 is 0 Å². The van der Waals surface area contributed by atoms with Gasteiger partial charge in [-0.15, -0.1) is 0 Å². The number of hydrogen-bond donors (Lipinski definition) is 0. The molecule has 1 saturated carbocycles. The van der Waals surface area contributed by atoms with Crippen molar-refractivity contribution in [3.05, 3.63) is 0 Å². The Bertz CT molecular complexity index is 190. The van der Waals surface area contributed by atoms with E-state index in [1.54, 1.807) is 0 Å². The molecule has 0 aromatic heterocycles. The minimum Gasteiger partial charge on any atom is -0.469 e. The van der Waals surface area contributed by atoms with E-state index in [4.69, 9.17) is 4.74 Å². The molecule has 0 radical (unpaired) electrons. The first-order valence-electron chi connectivity index (χ1n) is 5.65. The molecule has 0 N–H and O–H groups in total. The molecule has 14 heavy (non-hydrogen) atoms. The van der Waals surface area contributed by atoms with E-state index in [9.17, 15) is 4.79 Å². The van der Waals surface area contributed by atoms with Crippen LogP contribution in [-0.2, 0) is 9.53 Å². The topological polar surface area (TPSA) is 26.3 Å². The average Bonchev–Trinajstić information content (AvgIpc) is 2.51. The van der Waals surface area contributed by atoms with E-state index < -0.39 is 0 Å². The smallest absolute Gasteiger partial charge is 0.306 e. The van der Waals surface area contributed by atoms with Crippen molar-refractivity contribution >= 4 is 5.97 Å². The molecule has 0 spiro atoms. The number of rotatable bonds is 4. The molecule has 0 atom stereocenters.